The van der Waals surface area contributed by atoms with E-state index in [0.29, 0.717) is 5.56 Å². The molecule has 0 unspecified atom stereocenters. The Morgan fingerprint density at radius 2 is 2.20 bits per heavy atom. The molecule has 1 aromatic heterocycles. The number of hydrogen-bond acceptors (Lipinski definition) is 2. The second-order valence-corrected chi connectivity index (χ2v) is 3.13. The number of nitrogens with zero attached hydrogens (tertiary/aromatic N) is 1. The topological polar surface area (TPSA) is 30.0 Å². The lowest BCUT2D eigenvalue weighted by Crippen LogP contribution is -1.89. The molecule has 0 bridgehead atoms. The highest BCUT2D eigenvalue weighted by atomic mass is 16.1. The van der Waals surface area contributed by atoms with E-state index >= 15 is 0 Å². The van der Waals surface area contributed by atoms with Gasteiger partial charge in [0, 0.05) is 34.3 Å². The van der Waals surface area contributed by atoms with Crippen LogP contribution in [-0.4, -0.2) is 11.3 Å². The third kappa shape index (κ3) is 1.60. The van der Waals surface area contributed by atoms with Gasteiger partial charge in [0.25, 0.3) is 0 Å². The fourth-order valence-electron chi connectivity index (χ4n) is 1.59. The predicted octanol–water partition coefficient (Wildman–Crippen LogP) is 2.42. The molecule has 0 saturated carbocycles. The van der Waals surface area contributed by atoms with Crippen molar-refractivity contribution in [1.82, 2.24) is 4.98 Å². The Balaban J connectivity index is 2.90. The van der Waals surface area contributed by atoms with Gasteiger partial charge in [0.1, 0.15) is 0 Å². The zero-order valence-corrected chi connectivity index (χ0v) is 8.32. The van der Waals surface area contributed by atoms with Crippen molar-refractivity contribution >= 4 is 17.1 Å². The third-order valence-corrected chi connectivity index (χ3v) is 2.20. The standard InChI is InChI=1S/C13H9NO/c1-2-4-10-5-3-6-11-7-14-8-12(9-15)13(10)11/h3,5-9H,1H3. The van der Waals surface area contributed by atoms with Gasteiger partial charge in [0.2, 0.25) is 0 Å². The van der Waals surface area contributed by atoms with Crippen molar-refractivity contribution in [1.29, 1.82) is 0 Å². The summed E-state index contributed by atoms with van der Waals surface area (Å²) in [7, 11) is 0. The third-order valence-electron chi connectivity index (χ3n) is 2.20. The summed E-state index contributed by atoms with van der Waals surface area (Å²) >= 11 is 0. The highest BCUT2D eigenvalue weighted by molar-refractivity contribution is 6.00. The van der Waals surface area contributed by atoms with E-state index < -0.39 is 0 Å². The first-order chi connectivity index (χ1) is 7.36. The normalized spacial score (nSPS) is 9.40. The molecule has 2 nitrogen and oxygen atoms in total. The molecule has 0 N–H and O–H groups in total. The first-order valence-corrected chi connectivity index (χ1v) is 4.61. The van der Waals surface area contributed by atoms with Gasteiger partial charge in [-0.15, -0.1) is 5.92 Å². The zero-order chi connectivity index (χ0) is 10.7. The molecule has 0 spiro atoms. The summed E-state index contributed by atoms with van der Waals surface area (Å²) in [5, 5.41) is 1.83. The van der Waals surface area contributed by atoms with E-state index in [1.165, 1.54) is 0 Å². The molecule has 72 valence electrons. The van der Waals surface area contributed by atoms with Crippen LogP contribution < -0.4 is 0 Å². The lowest BCUT2D eigenvalue weighted by molar-refractivity contribution is 0.112. The first kappa shape index (κ1) is 9.42. The summed E-state index contributed by atoms with van der Waals surface area (Å²) in [6.07, 6.45) is 4.12. The number of hydrogen-bond donors (Lipinski definition) is 0. The number of aldehydes is 1. The molecule has 0 radical (unpaired) electrons. The van der Waals surface area contributed by atoms with Crippen molar-refractivity contribution in [3.05, 3.63) is 41.7 Å². The number of rotatable bonds is 1. The molecule has 2 heteroatoms. The van der Waals surface area contributed by atoms with Gasteiger partial charge < -0.3 is 0 Å². The maximum absolute atomic E-state index is 10.9. The van der Waals surface area contributed by atoms with E-state index in [0.717, 1.165) is 22.6 Å². The van der Waals surface area contributed by atoms with Crippen LogP contribution in [0.4, 0.5) is 0 Å². The molecule has 0 atom stereocenters. The molecular weight excluding hydrogens is 186 g/mol. The molecule has 0 aliphatic heterocycles. The minimum Gasteiger partial charge on any atom is -0.298 e. The minimum absolute atomic E-state index is 0.589. The largest absolute Gasteiger partial charge is 0.298 e. The number of aromatic nitrogens is 1. The zero-order valence-electron chi connectivity index (χ0n) is 8.32. The van der Waals surface area contributed by atoms with E-state index in [1.807, 2.05) is 18.2 Å². The maximum Gasteiger partial charge on any atom is 0.152 e. The summed E-state index contributed by atoms with van der Waals surface area (Å²) in [5.41, 5.74) is 1.46. The summed E-state index contributed by atoms with van der Waals surface area (Å²) < 4.78 is 0. The summed E-state index contributed by atoms with van der Waals surface area (Å²) in [5.74, 6) is 5.83. The smallest absolute Gasteiger partial charge is 0.152 e. The molecule has 1 aromatic carbocycles. The van der Waals surface area contributed by atoms with E-state index in [-0.39, 0.29) is 0 Å². The second kappa shape index (κ2) is 3.93. The van der Waals surface area contributed by atoms with Gasteiger partial charge in [-0.05, 0) is 13.0 Å². The van der Waals surface area contributed by atoms with Gasteiger partial charge in [-0.25, -0.2) is 0 Å². The lowest BCUT2D eigenvalue weighted by Gasteiger charge is -2.02. The van der Waals surface area contributed by atoms with Gasteiger partial charge in [0.15, 0.2) is 6.29 Å². The Morgan fingerprint density at radius 3 is 2.93 bits per heavy atom. The molecule has 0 amide bonds. The number of pyridine rings is 1. The molecule has 0 saturated heterocycles. The average molecular weight is 195 g/mol. The van der Waals surface area contributed by atoms with Crippen LogP contribution in [0, 0.1) is 11.8 Å². The van der Waals surface area contributed by atoms with Crippen LogP contribution >= 0.6 is 0 Å². The van der Waals surface area contributed by atoms with E-state index in [1.54, 1.807) is 19.3 Å². The number of carbonyl (C=O) groups excluding carboxylic acids is 1. The SMILES string of the molecule is CC#Cc1cccc2cncc(C=O)c12. The average Bonchev–Trinajstić information content (AvgIpc) is 2.29. The summed E-state index contributed by atoms with van der Waals surface area (Å²) in [6, 6.07) is 5.75. The highest BCUT2D eigenvalue weighted by Crippen LogP contribution is 2.20. The first-order valence-electron chi connectivity index (χ1n) is 4.61. The maximum atomic E-state index is 10.9. The molecule has 2 aromatic rings. The Bertz CT molecular complexity index is 571. The number of fused-ring (bicyclic) bond motifs is 1. The molecule has 15 heavy (non-hydrogen) atoms. The molecule has 0 aliphatic rings. The molecule has 1 heterocycles. The van der Waals surface area contributed by atoms with E-state index in [4.69, 9.17) is 0 Å². The van der Waals surface area contributed by atoms with Crippen LogP contribution in [0.3, 0.4) is 0 Å². The predicted molar refractivity (Wildman–Crippen MR) is 59.7 cm³/mol. The summed E-state index contributed by atoms with van der Waals surface area (Å²) in [4.78, 5) is 14.9. The van der Waals surface area contributed by atoms with Crippen molar-refractivity contribution in [2.24, 2.45) is 0 Å². The van der Waals surface area contributed by atoms with Crippen LogP contribution in [0.15, 0.2) is 30.6 Å². The monoisotopic (exact) mass is 195 g/mol. The van der Waals surface area contributed by atoms with Crippen molar-refractivity contribution in [2.75, 3.05) is 0 Å². The molecule has 0 aliphatic carbocycles. The van der Waals surface area contributed by atoms with Gasteiger partial charge in [0.05, 0.1) is 0 Å². The van der Waals surface area contributed by atoms with Crippen molar-refractivity contribution < 1.29 is 4.79 Å². The van der Waals surface area contributed by atoms with Gasteiger partial charge >= 0.3 is 0 Å². The van der Waals surface area contributed by atoms with Gasteiger partial charge in [-0.1, -0.05) is 18.1 Å². The van der Waals surface area contributed by atoms with Gasteiger partial charge in [-0.3, -0.25) is 9.78 Å². The molecule has 2 rings (SSSR count). The second-order valence-electron chi connectivity index (χ2n) is 3.13. The van der Waals surface area contributed by atoms with Crippen molar-refractivity contribution in [3.63, 3.8) is 0 Å². The molecule has 0 fully saturated rings. The fourth-order valence-corrected chi connectivity index (χ4v) is 1.59. The van der Waals surface area contributed by atoms with Crippen LogP contribution in [-0.2, 0) is 0 Å². The van der Waals surface area contributed by atoms with Crippen molar-refractivity contribution in [2.45, 2.75) is 6.92 Å². The van der Waals surface area contributed by atoms with Crippen LogP contribution in [0.2, 0.25) is 0 Å². The van der Waals surface area contributed by atoms with E-state index in [2.05, 4.69) is 16.8 Å². The quantitative estimate of drug-likeness (QED) is 0.516. The van der Waals surface area contributed by atoms with Crippen molar-refractivity contribution in [3.8, 4) is 11.8 Å². The van der Waals surface area contributed by atoms with Crippen LogP contribution in [0.25, 0.3) is 10.8 Å². The lowest BCUT2D eigenvalue weighted by atomic mass is 10.0. The Kier molecular flexibility index (Phi) is 2.47. The summed E-state index contributed by atoms with van der Waals surface area (Å²) in [6.45, 7) is 1.78. The highest BCUT2D eigenvalue weighted by Gasteiger charge is 2.03. The van der Waals surface area contributed by atoms with Crippen LogP contribution in [0.5, 0.6) is 0 Å². The van der Waals surface area contributed by atoms with Crippen LogP contribution in [0.1, 0.15) is 22.8 Å². The Hall–Kier alpha value is -2.14. The van der Waals surface area contributed by atoms with Gasteiger partial charge in [-0.2, -0.15) is 0 Å². The molecular formula is C13H9NO. The number of carbonyl (C=O) groups is 1. The Morgan fingerprint density at radius 1 is 1.33 bits per heavy atom. The number of benzene rings is 1. The Labute approximate surface area is 88.0 Å². The van der Waals surface area contributed by atoms with E-state index in [9.17, 15) is 4.79 Å². The minimum atomic E-state index is 0.589. The fraction of sp³-hybridized carbons (Fsp3) is 0.0769.